The normalized spacial score (nSPS) is 11.2. The van der Waals surface area contributed by atoms with Crippen LogP contribution in [-0.2, 0) is 16.1 Å². The van der Waals surface area contributed by atoms with Gasteiger partial charge in [-0.25, -0.2) is 9.97 Å². The Morgan fingerprint density at radius 1 is 1.42 bits per heavy atom. The summed E-state index contributed by atoms with van der Waals surface area (Å²) in [7, 11) is 3.24. The molecule has 2 aromatic heterocycles. The molecule has 0 saturated heterocycles. The molecule has 6 heteroatoms. The van der Waals surface area contributed by atoms with Gasteiger partial charge in [-0.3, -0.25) is 14.1 Å². The van der Waals surface area contributed by atoms with Crippen molar-refractivity contribution in [2.75, 3.05) is 20.7 Å². The number of rotatable bonds is 4. The van der Waals surface area contributed by atoms with Crippen molar-refractivity contribution in [3.63, 3.8) is 0 Å². The van der Waals surface area contributed by atoms with Crippen molar-refractivity contribution in [3.05, 3.63) is 29.3 Å². The predicted octanol–water partition coefficient (Wildman–Crippen LogP) is 0.951. The van der Waals surface area contributed by atoms with Crippen molar-refractivity contribution in [3.8, 4) is 0 Å². The van der Waals surface area contributed by atoms with Crippen molar-refractivity contribution in [1.29, 1.82) is 0 Å². The highest BCUT2D eigenvalue weighted by atomic mass is 16.5. The van der Waals surface area contributed by atoms with E-state index in [2.05, 4.69) is 14.7 Å². The van der Waals surface area contributed by atoms with E-state index < -0.39 is 0 Å². The van der Waals surface area contributed by atoms with Gasteiger partial charge in [0.15, 0.2) is 0 Å². The highest BCUT2D eigenvalue weighted by molar-refractivity contribution is 5.71. The molecule has 0 atom stereocenters. The molecule has 0 aliphatic carbocycles. The lowest BCUT2D eigenvalue weighted by Gasteiger charge is -2.12. The van der Waals surface area contributed by atoms with E-state index in [1.165, 1.54) is 7.11 Å². The number of aromatic nitrogens is 3. The van der Waals surface area contributed by atoms with E-state index in [0.29, 0.717) is 12.3 Å². The van der Waals surface area contributed by atoms with Gasteiger partial charge in [0.05, 0.1) is 19.3 Å². The van der Waals surface area contributed by atoms with Gasteiger partial charge in [0, 0.05) is 24.1 Å². The van der Waals surface area contributed by atoms with Crippen LogP contribution in [0, 0.1) is 13.8 Å². The monoisotopic (exact) mass is 262 g/mol. The Kier molecular flexibility index (Phi) is 3.80. The maximum atomic E-state index is 11.2. The number of imidazole rings is 1. The standard InChI is InChI=1S/C13H18N4O2/c1-9-5-10(2)17-7-11(15-13(17)14-9)6-16(3)8-12(18)19-4/h5,7H,6,8H2,1-4H3. The zero-order chi connectivity index (χ0) is 14.0. The molecule has 0 bridgehead atoms. The van der Waals surface area contributed by atoms with Crippen LogP contribution in [0.3, 0.4) is 0 Å². The minimum Gasteiger partial charge on any atom is -0.468 e. The lowest BCUT2D eigenvalue weighted by atomic mass is 10.3. The molecule has 0 aliphatic heterocycles. The van der Waals surface area contributed by atoms with E-state index in [-0.39, 0.29) is 12.5 Å². The van der Waals surface area contributed by atoms with E-state index in [1.807, 2.05) is 42.5 Å². The summed E-state index contributed by atoms with van der Waals surface area (Å²) >= 11 is 0. The number of likely N-dealkylation sites (N-methyl/N-ethyl adjacent to an activating group) is 1. The largest absolute Gasteiger partial charge is 0.468 e. The zero-order valence-electron chi connectivity index (χ0n) is 11.7. The number of carbonyl (C=O) groups is 1. The van der Waals surface area contributed by atoms with Crippen molar-refractivity contribution in [2.24, 2.45) is 0 Å². The smallest absolute Gasteiger partial charge is 0.319 e. The first-order valence-electron chi connectivity index (χ1n) is 6.07. The molecule has 0 radical (unpaired) electrons. The molecule has 0 aliphatic rings. The molecule has 6 nitrogen and oxygen atoms in total. The lowest BCUT2D eigenvalue weighted by Crippen LogP contribution is -2.26. The van der Waals surface area contributed by atoms with Gasteiger partial charge < -0.3 is 4.74 Å². The molecule has 102 valence electrons. The topological polar surface area (TPSA) is 59.7 Å². The summed E-state index contributed by atoms with van der Waals surface area (Å²) in [6, 6.07) is 2.01. The summed E-state index contributed by atoms with van der Waals surface area (Å²) in [4.78, 5) is 21.9. The summed E-state index contributed by atoms with van der Waals surface area (Å²) in [5.74, 6) is 0.440. The summed E-state index contributed by atoms with van der Waals surface area (Å²) in [6.07, 6.45) is 1.95. The summed E-state index contributed by atoms with van der Waals surface area (Å²) in [5, 5.41) is 0. The van der Waals surface area contributed by atoms with E-state index >= 15 is 0 Å². The fraction of sp³-hybridized carbons (Fsp3) is 0.462. The molecule has 0 amide bonds. The number of aryl methyl sites for hydroxylation is 2. The molecule has 0 saturated carbocycles. The molecular weight excluding hydrogens is 244 g/mol. The van der Waals surface area contributed by atoms with Crippen molar-refractivity contribution in [1.82, 2.24) is 19.3 Å². The predicted molar refractivity (Wildman–Crippen MR) is 70.8 cm³/mol. The molecule has 2 heterocycles. The highest BCUT2D eigenvalue weighted by Crippen LogP contribution is 2.09. The third kappa shape index (κ3) is 3.08. The minimum atomic E-state index is -0.253. The first kappa shape index (κ1) is 13.5. The second kappa shape index (κ2) is 5.36. The molecule has 0 spiro atoms. The molecule has 0 unspecified atom stereocenters. The van der Waals surface area contributed by atoms with E-state index in [4.69, 9.17) is 0 Å². The third-order valence-corrected chi connectivity index (χ3v) is 2.87. The van der Waals surface area contributed by atoms with Crippen LogP contribution in [0.4, 0.5) is 0 Å². The van der Waals surface area contributed by atoms with Crippen LogP contribution in [0.1, 0.15) is 17.1 Å². The van der Waals surface area contributed by atoms with Crippen LogP contribution >= 0.6 is 0 Å². The SMILES string of the molecule is COC(=O)CN(C)Cc1cn2c(C)cc(C)nc2n1. The number of esters is 1. The van der Waals surface area contributed by atoms with Gasteiger partial charge in [0.25, 0.3) is 0 Å². The lowest BCUT2D eigenvalue weighted by molar-refractivity contribution is -0.141. The number of methoxy groups -OCH3 is 1. The van der Waals surface area contributed by atoms with Crippen molar-refractivity contribution in [2.45, 2.75) is 20.4 Å². The number of ether oxygens (including phenoxy) is 1. The van der Waals surface area contributed by atoms with E-state index in [0.717, 1.165) is 17.1 Å². The Bertz CT molecular complexity index is 606. The van der Waals surface area contributed by atoms with Gasteiger partial charge >= 0.3 is 5.97 Å². The van der Waals surface area contributed by atoms with Crippen molar-refractivity contribution < 1.29 is 9.53 Å². The van der Waals surface area contributed by atoms with Gasteiger partial charge in [-0.15, -0.1) is 0 Å². The van der Waals surface area contributed by atoms with Gasteiger partial charge in [-0.05, 0) is 27.0 Å². The van der Waals surface area contributed by atoms with Gasteiger partial charge in [-0.1, -0.05) is 0 Å². The summed E-state index contributed by atoms with van der Waals surface area (Å²) < 4.78 is 6.59. The van der Waals surface area contributed by atoms with Crippen LogP contribution < -0.4 is 0 Å². The maximum absolute atomic E-state index is 11.2. The zero-order valence-corrected chi connectivity index (χ0v) is 11.7. The number of hydrogen-bond acceptors (Lipinski definition) is 5. The van der Waals surface area contributed by atoms with Gasteiger partial charge in [0.1, 0.15) is 0 Å². The highest BCUT2D eigenvalue weighted by Gasteiger charge is 2.10. The van der Waals surface area contributed by atoms with Crippen LogP contribution in [0.2, 0.25) is 0 Å². The average molecular weight is 262 g/mol. The Morgan fingerprint density at radius 2 is 2.16 bits per heavy atom. The number of carbonyl (C=O) groups excluding carboxylic acids is 1. The first-order chi connectivity index (χ1) is 8.99. The molecule has 19 heavy (non-hydrogen) atoms. The van der Waals surface area contributed by atoms with Crippen LogP contribution in [-0.4, -0.2) is 45.9 Å². The van der Waals surface area contributed by atoms with Crippen LogP contribution in [0.25, 0.3) is 5.78 Å². The average Bonchev–Trinajstić information content (AvgIpc) is 2.71. The van der Waals surface area contributed by atoms with Crippen molar-refractivity contribution >= 4 is 11.7 Å². The van der Waals surface area contributed by atoms with E-state index in [9.17, 15) is 4.79 Å². The number of fused-ring (bicyclic) bond motifs is 1. The molecule has 2 rings (SSSR count). The Balaban J connectivity index is 2.18. The Hall–Kier alpha value is -1.95. The first-order valence-corrected chi connectivity index (χ1v) is 6.07. The Morgan fingerprint density at radius 3 is 2.84 bits per heavy atom. The molecule has 0 fully saturated rings. The fourth-order valence-corrected chi connectivity index (χ4v) is 2.01. The summed E-state index contributed by atoms with van der Waals surface area (Å²) in [6.45, 7) is 4.79. The number of hydrogen-bond donors (Lipinski definition) is 0. The summed E-state index contributed by atoms with van der Waals surface area (Å²) in [5.41, 5.74) is 2.93. The minimum absolute atomic E-state index is 0.246. The number of nitrogens with zero attached hydrogens (tertiary/aromatic N) is 4. The van der Waals surface area contributed by atoms with Crippen LogP contribution in [0.5, 0.6) is 0 Å². The second-order valence-electron chi connectivity index (χ2n) is 4.69. The van der Waals surface area contributed by atoms with E-state index in [1.54, 1.807) is 0 Å². The maximum Gasteiger partial charge on any atom is 0.319 e. The van der Waals surface area contributed by atoms with Crippen LogP contribution in [0.15, 0.2) is 12.3 Å². The van der Waals surface area contributed by atoms with Gasteiger partial charge in [-0.2, -0.15) is 0 Å². The fourth-order valence-electron chi connectivity index (χ4n) is 2.01. The Labute approximate surface area is 112 Å². The van der Waals surface area contributed by atoms with Gasteiger partial charge in [0.2, 0.25) is 5.78 Å². The quantitative estimate of drug-likeness (QED) is 0.768. The third-order valence-electron chi connectivity index (χ3n) is 2.87. The molecular formula is C13H18N4O2. The second-order valence-corrected chi connectivity index (χ2v) is 4.69. The molecule has 2 aromatic rings. The molecule has 0 N–H and O–H groups in total. The molecule has 0 aromatic carbocycles.